The molecule has 2 amide bonds. The Balaban J connectivity index is 1.56. The minimum atomic E-state index is -0.311. The summed E-state index contributed by atoms with van der Waals surface area (Å²) in [6, 6.07) is 12.2. The van der Waals surface area contributed by atoms with E-state index in [0.29, 0.717) is 18.0 Å². The molecule has 0 spiro atoms. The van der Waals surface area contributed by atoms with Crippen LogP contribution in [0.1, 0.15) is 32.2 Å². The van der Waals surface area contributed by atoms with Gasteiger partial charge in [-0.05, 0) is 42.8 Å². The molecule has 3 rings (SSSR count). The van der Waals surface area contributed by atoms with Crippen molar-refractivity contribution in [2.45, 2.75) is 13.5 Å². The summed E-state index contributed by atoms with van der Waals surface area (Å²) in [5.74, 6) is -0.000431. The molecule has 2 aromatic heterocycles. The highest BCUT2D eigenvalue weighted by molar-refractivity contribution is 6.02. The Morgan fingerprint density at radius 1 is 0.958 bits per heavy atom. The molecule has 2 N–H and O–H groups in total. The first-order valence-electron chi connectivity index (χ1n) is 7.39. The summed E-state index contributed by atoms with van der Waals surface area (Å²) < 4.78 is 10.2. The van der Waals surface area contributed by atoms with Crippen LogP contribution in [0.3, 0.4) is 0 Å². The molecule has 6 nitrogen and oxygen atoms in total. The highest BCUT2D eigenvalue weighted by Crippen LogP contribution is 2.13. The van der Waals surface area contributed by atoms with E-state index < -0.39 is 0 Å². The minimum absolute atomic E-state index is 0.250. The largest absolute Gasteiger partial charge is 0.459 e. The number of hydrogen-bond donors (Lipinski definition) is 2. The third kappa shape index (κ3) is 3.55. The number of nitrogens with one attached hydrogen (secondary N) is 2. The van der Waals surface area contributed by atoms with Crippen molar-refractivity contribution in [3.8, 4) is 0 Å². The van der Waals surface area contributed by atoms with Gasteiger partial charge in [-0.1, -0.05) is 12.1 Å². The molecule has 0 saturated carbocycles. The maximum absolute atomic E-state index is 12.0. The monoisotopic (exact) mass is 324 g/mol. The summed E-state index contributed by atoms with van der Waals surface area (Å²) in [7, 11) is 0. The topological polar surface area (TPSA) is 84.5 Å². The second kappa shape index (κ2) is 6.87. The van der Waals surface area contributed by atoms with Crippen LogP contribution in [-0.2, 0) is 6.54 Å². The molecule has 0 saturated heterocycles. The summed E-state index contributed by atoms with van der Waals surface area (Å²) in [4.78, 5) is 23.8. The van der Waals surface area contributed by atoms with Crippen molar-refractivity contribution in [1.82, 2.24) is 5.32 Å². The molecule has 0 bridgehead atoms. The third-order valence-electron chi connectivity index (χ3n) is 3.48. The molecule has 0 aliphatic rings. The first kappa shape index (κ1) is 15.6. The maximum Gasteiger partial charge on any atom is 0.291 e. The number of benzene rings is 1. The van der Waals surface area contributed by atoms with Gasteiger partial charge in [0.05, 0.1) is 12.5 Å². The average molecular weight is 324 g/mol. The smallest absolute Gasteiger partial charge is 0.291 e. The van der Waals surface area contributed by atoms with Gasteiger partial charge in [0.25, 0.3) is 11.8 Å². The van der Waals surface area contributed by atoms with E-state index in [1.165, 1.54) is 12.5 Å². The SMILES string of the molecule is Cc1ccoc1C(=O)NCc1ccc(NC(=O)c2ccco2)cc1. The summed E-state index contributed by atoms with van der Waals surface area (Å²) in [5.41, 5.74) is 2.35. The quantitative estimate of drug-likeness (QED) is 0.753. The van der Waals surface area contributed by atoms with Gasteiger partial charge in [-0.25, -0.2) is 0 Å². The fraction of sp³-hybridized carbons (Fsp3) is 0.111. The van der Waals surface area contributed by atoms with Gasteiger partial charge in [0.2, 0.25) is 0 Å². The highest BCUT2D eigenvalue weighted by Gasteiger charge is 2.12. The Bertz CT molecular complexity index is 832. The molecule has 0 unspecified atom stereocenters. The molecule has 0 atom stereocenters. The first-order valence-corrected chi connectivity index (χ1v) is 7.39. The van der Waals surface area contributed by atoms with Gasteiger partial charge >= 0.3 is 0 Å². The zero-order chi connectivity index (χ0) is 16.9. The number of hydrogen-bond acceptors (Lipinski definition) is 4. The first-order chi connectivity index (χ1) is 11.6. The van der Waals surface area contributed by atoms with E-state index >= 15 is 0 Å². The molecule has 1 aromatic carbocycles. The van der Waals surface area contributed by atoms with Crippen LogP contribution in [0.5, 0.6) is 0 Å². The molecule has 0 radical (unpaired) electrons. The van der Waals surface area contributed by atoms with E-state index in [2.05, 4.69) is 10.6 Å². The molecule has 6 heteroatoms. The molecule has 24 heavy (non-hydrogen) atoms. The second-order valence-corrected chi connectivity index (χ2v) is 5.24. The number of rotatable bonds is 5. The summed E-state index contributed by atoms with van der Waals surface area (Å²) in [6.07, 6.45) is 2.93. The number of amides is 2. The lowest BCUT2D eigenvalue weighted by Crippen LogP contribution is -2.22. The number of carbonyl (C=O) groups is 2. The fourth-order valence-electron chi connectivity index (χ4n) is 2.17. The molecule has 0 aliphatic heterocycles. The van der Waals surface area contributed by atoms with Crippen LogP contribution >= 0.6 is 0 Å². The molecule has 0 aliphatic carbocycles. The van der Waals surface area contributed by atoms with E-state index in [1.54, 1.807) is 30.3 Å². The predicted molar refractivity (Wildman–Crippen MR) is 87.7 cm³/mol. The molecular weight excluding hydrogens is 308 g/mol. The Hall–Kier alpha value is -3.28. The normalized spacial score (nSPS) is 10.4. The Kier molecular flexibility index (Phi) is 4.47. The minimum Gasteiger partial charge on any atom is -0.459 e. The zero-order valence-electron chi connectivity index (χ0n) is 13.0. The van der Waals surface area contributed by atoms with Crippen LogP contribution in [0.2, 0.25) is 0 Å². The lowest BCUT2D eigenvalue weighted by atomic mass is 10.2. The van der Waals surface area contributed by atoms with Crippen molar-refractivity contribution in [3.63, 3.8) is 0 Å². The van der Waals surface area contributed by atoms with E-state index in [1.807, 2.05) is 19.1 Å². The lowest BCUT2D eigenvalue weighted by Gasteiger charge is -2.07. The number of furan rings is 2. The van der Waals surface area contributed by atoms with Crippen LogP contribution < -0.4 is 10.6 Å². The van der Waals surface area contributed by atoms with Crippen molar-refractivity contribution >= 4 is 17.5 Å². The second-order valence-electron chi connectivity index (χ2n) is 5.24. The van der Waals surface area contributed by atoms with Gasteiger partial charge in [0.15, 0.2) is 11.5 Å². The fourth-order valence-corrected chi connectivity index (χ4v) is 2.17. The summed E-state index contributed by atoms with van der Waals surface area (Å²) in [5, 5.41) is 5.52. The van der Waals surface area contributed by atoms with Crippen molar-refractivity contribution < 1.29 is 18.4 Å². The van der Waals surface area contributed by atoms with E-state index in [4.69, 9.17) is 8.83 Å². The zero-order valence-corrected chi connectivity index (χ0v) is 13.0. The summed E-state index contributed by atoms with van der Waals surface area (Å²) in [6.45, 7) is 2.18. The highest BCUT2D eigenvalue weighted by atomic mass is 16.3. The van der Waals surface area contributed by atoms with Crippen molar-refractivity contribution in [1.29, 1.82) is 0 Å². The van der Waals surface area contributed by atoms with Gasteiger partial charge in [-0.3, -0.25) is 9.59 Å². The molecule has 0 fully saturated rings. The Labute approximate surface area is 138 Å². The van der Waals surface area contributed by atoms with Gasteiger partial charge in [-0.15, -0.1) is 0 Å². The van der Waals surface area contributed by atoms with Crippen LogP contribution in [0, 0.1) is 6.92 Å². The predicted octanol–water partition coefficient (Wildman–Crippen LogP) is 3.36. The average Bonchev–Trinajstić information content (AvgIpc) is 3.25. The van der Waals surface area contributed by atoms with Crippen molar-refractivity contribution in [2.75, 3.05) is 5.32 Å². The van der Waals surface area contributed by atoms with Gasteiger partial charge in [-0.2, -0.15) is 0 Å². The van der Waals surface area contributed by atoms with Crippen LogP contribution in [-0.4, -0.2) is 11.8 Å². The van der Waals surface area contributed by atoms with E-state index in [-0.39, 0.29) is 17.6 Å². The third-order valence-corrected chi connectivity index (χ3v) is 3.48. The van der Waals surface area contributed by atoms with E-state index in [0.717, 1.165) is 11.1 Å². The lowest BCUT2D eigenvalue weighted by molar-refractivity contribution is 0.0921. The van der Waals surface area contributed by atoms with Gasteiger partial charge < -0.3 is 19.5 Å². The standard InChI is InChI=1S/C18H16N2O4/c1-12-8-10-24-16(12)18(22)19-11-13-4-6-14(7-5-13)20-17(21)15-3-2-9-23-15/h2-10H,11H2,1H3,(H,19,22)(H,20,21). The van der Waals surface area contributed by atoms with Crippen LogP contribution in [0.4, 0.5) is 5.69 Å². The number of anilines is 1. The molecule has 122 valence electrons. The molecule has 3 aromatic rings. The van der Waals surface area contributed by atoms with Crippen LogP contribution in [0.15, 0.2) is 63.8 Å². The Morgan fingerprint density at radius 2 is 1.75 bits per heavy atom. The van der Waals surface area contributed by atoms with Gasteiger partial charge in [0.1, 0.15) is 0 Å². The summed E-state index contributed by atoms with van der Waals surface area (Å²) >= 11 is 0. The molecular formula is C18H16N2O4. The number of aryl methyl sites for hydroxylation is 1. The van der Waals surface area contributed by atoms with Crippen molar-refractivity contribution in [3.05, 3.63) is 77.6 Å². The maximum atomic E-state index is 12.0. The van der Waals surface area contributed by atoms with E-state index in [9.17, 15) is 9.59 Å². The molecule has 2 heterocycles. The van der Waals surface area contributed by atoms with Crippen LogP contribution in [0.25, 0.3) is 0 Å². The van der Waals surface area contributed by atoms with Crippen molar-refractivity contribution in [2.24, 2.45) is 0 Å². The Morgan fingerprint density at radius 3 is 2.38 bits per heavy atom. The van der Waals surface area contributed by atoms with Gasteiger partial charge in [0, 0.05) is 17.8 Å². The number of carbonyl (C=O) groups excluding carboxylic acids is 2.